The summed E-state index contributed by atoms with van der Waals surface area (Å²) < 4.78 is 36.4. The first kappa shape index (κ1) is 15.4. The quantitative estimate of drug-likeness (QED) is 0.856. The summed E-state index contributed by atoms with van der Waals surface area (Å²) in [5, 5.41) is 0.844. The first-order valence-electron chi connectivity index (χ1n) is 6.38. The van der Waals surface area contributed by atoms with Crippen molar-refractivity contribution in [3.05, 3.63) is 30.0 Å². The minimum atomic E-state index is -3.63. The standard InChI is InChI=1S/C14H17NO5S/c1-9-7-20-13-5-4-11(6-12(9)13)15-21(17,18)8-10(2)14(16)19-3/h4-7,10,15H,8H2,1-3H3/t10-/m0/s1. The summed E-state index contributed by atoms with van der Waals surface area (Å²) in [6, 6.07) is 5.02. The lowest BCUT2D eigenvalue weighted by atomic mass is 10.2. The average molecular weight is 311 g/mol. The highest BCUT2D eigenvalue weighted by Gasteiger charge is 2.22. The van der Waals surface area contributed by atoms with E-state index in [1.54, 1.807) is 24.5 Å². The number of carbonyl (C=O) groups is 1. The highest BCUT2D eigenvalue weighted by Crippen LogP contribution is 2.24. The van der Waals surface area contributed by atoms with E-state index in [-0.39, 0.29) is 5.75 Å². The molecule has 114 valence electrons. The zero-order chi connectivity index (χ0) is 15.6. The number of ether oxygens (including phenoxy) is 1. The summed E-state index contributed by atoms with van der Waals surface area (Å²) in [5.41, 5.74) is 2.05. The number of benzene rings is 1. The second-order valence-corrected chi connectivity index (χ2v) is 6.70. The summed E-state index contributed by atoms with van der Waals surface area (Å²) in [7, 11) is -2.40. The largest absolute Gasteiger partial charge is 0.469 e. The SMILES string of the molecule is COC(=O)[C@@H](C)CS(=O)(=O)Nc1ccc2occ(C)c2c1. The van der Waals surface area contributed by atoms with E-state index in [0.717, 1.165) is 10.9 Å². The van der Waals surface area contributed by atoms with Crippen molar-refractivity contribution in [1.82, 2.24) is 0 Å². The number of sulfonamides is 1. The van der Waals surface area contributed by atoms with Crippen molar-refractivity contribution in [3.63, 3.8) is 0 Å². The number of nitrogens with one attached hydrogen (secondary N) is 1. The van der Waals surface area contributed by atoms with Gasteiger partial charge in [0.1, 0.15) is 5.58 Å². The number of anilines is 1. The van der Waals surface area contributed by atoms with Crippen molar-refractivity contribution in [2.75, 3.05) is 17.6 Å². The van der Waals surface area contributed by atoms with Crippen LogP contribution in [-0.2, 0) is 19.6 Å². The Morgan fingerprint density at radius 2 is 2.14 bits per heavy atom. The van der Waals surface area contributed by atoms with Crippen molar-refractivity contribution in [2.24, 2.45) is 5.92 Å². The third-order valence-corrected chi connectivity index (χ3v) is 4.60. The third kappa shape index (κ3) is 3.55. The molecule has 0 bridgehead atoms. The monoisotopic (exact) mass is 311 g/mol. The van der Waals surface area contributed by atoms with Gasteiger partial charge in [0, 0.05) is 11.1 Å². The molecule has 0 aliphatic carbocycles. The van der Waals surface area contributed by atoms with Crippen LogP contribution in [0.1, 0.15) is 12.5 Å². The normalized spacial score (nSPS) is 13.1. The molecule has 0 amide bonds. The van der Waals surface area contributed by atoms with E-state index < -0.39 is 21.9 Å². The molecule has 0 aliphatic rings. The van der Waals surface area contributed by atoms with E-state index in [4.69, 9.17) is 4.42 Å². The van der Waals surface area contributed by atoms with Crippen LogP contribution in [0.3, 0.4) is 0 Å². The van der Waals surface area contributed by atoms with Gasteiger partial charge in [-0.2, -0.15) is 0 Å². The molecular formula is C14H17NO5S. The zero-order valence-corrected chi connectivity index (χ0v) is 12.9. The molecule has 0 fully saturated rings. The van der Waals surface area contributed by atoms with E-state index in [1.165, 1.54) is 14.0 Å². The number of aryl methyl sites for hydroxylation is 1. The summed E-state index contributed by atoms with van der Waals surface area (Å²) >= 11 is 0. The Kier molecular flexibility index (Phi) is 4.22. The van der Waals surface area contributed by atoms with E-state index in [9.17, 15) is 13.2 Å². The molecule has 0 radical (unpaired) electrons. The first-order chi connectivity index (χ1) is 9.82. The van der Waals surface area contributed by atoms with Gasteiger partial charge in [-0.25, -0.2) is 8.42 Å². The molecule has 21 heavy (non-hydrogen) atoms. The minimum absolute atomic E-state index is 0.331. The van der Waals surface area contributed by atoms with Crippen LogP contribution >= 0.6 is 0 Å². The van der Waals surface area contributed by atoms with E-state index in [1.807, 2.05) is 6.92 Å². The molecular weight excluding hydrogens is 294 g/mol. The number of hydrogen-bond acceptors (Lipinski definition) is 5. The maximum atomic E-state index is 12.0. The lowest BCUT2D eigenvalue weighted by Crippen LogP contribution is -2.26. The Hall–Kier alpha value is -2.02. The van der Waals surface area contributed by atoms with Crippen LogP contribution in [0, 0.1) is 12.8 Å². The van der Waals surface area contributed by atoms with Crippen molar-refractivity contribution in [2.45, 2.75) is 13.8 Å². The number of hydrogen-bond donors (Lipinski definition) is 1. The summed E-state index contributed by atoms with van der Waals surface area (Å²) in [4.78, 5) is 11.3. The summed E-state index contributed by atoms with van der Waals surface area (Å²) in [6.07, 6.45) is 1.61. The number of methoxy groups -OCH3 is 1. The van der Waals surface area contributed by atoms with E-state index in [2.05, 4.69) is 9.46 Å². The molecule has 7 heteroatoms. The number of rotatable bonds is 5. The van der Waals surface area contributed by atoms with Gasteiger partial charge in [0.2, 0.25) is 10.0 Å². The van der Waals surface area contributed by atoms with Crippen LogP contribution in [0.15, 0.2) is 28.9 Å². The highest BCUT2D eigenvalue weighted by atomic mass is 32.2. The maximum Gasteiger partial charge on any atom is 0.309 e. The molecule has 2 aromatic rings. The number of carbonyl (C=O) groups excluding carboxylic acids is 1. The Balaban J connectivity index is 2.18. The highest BCUT2D eigenvalue weighted by molar-refractivity contribution is 7.92. The Morgan fingerprint density at radius 1 is 1.43 bits per heavy atom. The van der Waals surface area contributed by atoms with Gasteiger partial charge in [0.05, 0.1) is 25.0 Å². The van der Waals surface area contributed by atoms with Gasteiger partial charge < -0.3 is 9.15 Å². The fourth-order valence-corrected chi connectivity index (χ4v) is 3.40. The van der Waals surface area contributed by atoms with Crippen LogP contribution in [0.4, 0.5) is 5.69 Å². The zero-order valence-electron chi connectivity index (χ0n) is 12.0. The molecule has 2 rings (SSSR count). The molecule has 0 saturated heterocycles. The Morgan fingerprint density at radius 3 is 2.81 bits per heavy atom. The average Bonchev–Trinajstić information content (AvgIpc) is 2.78. The maximum absolute atomic E-state index is 12.0. The van der Waals surface area contributed by atoms with Crippen molar-refractivity contribution < 1.29 is 22.4 Å². The lowest BCUT2D eigenvalue weighted by Gasteiger charge is -2.11. The van der Waals surface area contributed by atoms with E-state index in [0.29, 0.717) is 11.3 Å². The van der Waals surface area contributed by atoms with Crippen molar-refractivity contribution in [3.8, 4) is 0 Å². The molecule has 0 aliphatic heterocycles. The topological polar surface area (TPSA) is 85.6 Å². The molecule has 6 nitrogen and oxygen atoms in total. The van der Waals surface area contributed by atoms with Gasteiger partial charge in [-0.15, -0.1) is 0 Å². The van der Waals surface area contributed by atoms with Gasteiger partial charge in [0.15, 0.2) is 0 Å². The molecule has 0 unspecified atom stereocenters. The van der Waals surface area contributed by atoms with Crippen LogP contribution in [-0.4, -0.2) is 27.2 Å². The van der Waals surface area contributed by atoms with Crippen molar-refractivity contribution in [1.29, 1.82) is 0 Å². The molecule has 1 atom stereocenters. The number of esters is 1. The fraction of sp³-hybridized carbons (Fsp3) is 0.357. The molecule has 1 N–H and O–H groups in total. The third-order valence-electron chi connectivity index (χ3n) is 3.11. The molecule has 1 heterocycles. The van der Waals surface area contributed by atoms with Crippen LogP contribution < -0.4 is 4.72 Å². The second-order valence-electron chi connectivity index (χ2n) is 4.94. The first-order valence-corrected chi connectivity index (χ1v) is 8.04. The predicted molar refractivity (Wildman–Crippen MR) is 79.5 cm³/mol. The number of fused-ring (bicyclic) bond motifs is 1. The van der Waals surface area contributed by atoms with Gasteiger partial charge in [-0.3, -0.25) is 9.52 Å². The lowest BCUT2D eigenvalue weighted by molar-refractivity contribution is -0.144. The Bertz CT molecular complexity index is 763. The van der Waals surface area contributed by atoms with Gasteiger partial charge in [-0.1, -0.05) is 6.92 Å². The van der Waals surface area contributed by atoms with Crippen molar-refractivity contribution >= 4 is 32.6 Å². The molecule has 0 spiro atoms. The van der Waals surface area contributed by atoms with E-state index >= 15 is 0 Å². The van der Waals surface area contributed by atoms with Gasteiger partial charge in [0.25, 0.3) is 0 Å². The van der Waals surface area contributed by atoms with Gasteiger partial charge in [-0.05, 0) is 30.7 Å². The summed E-state index contributed by atoms with van der Waals surface area (Å²) in [5.74, 6) is -1.62. The van der Waals surface area contributed by atoms with Gasteiger partial charge >= 0.3 is 5.97 Å². The van der Waals surface area contributed by atoms with Crippen LogP contribution in [0.2, 0.25) is 0 Å². The smallest absolute Gasteiger partial charge is 0.309 e. The molecule has 0 saturated carbocycles. The Labute approximate surface area is 123 Å². The van der Waals surface area contributed by atoms with Crippen LogP contribution in [0.25, 0.3) is 11.0 Å². The number of furan rings is 1. The second kappa shape index (κ2) is 5.77. The fourth-order valence-electron chi connectivity index (χ4n) is 2.04. The summed E-state index contributed by atoms with van der Waals surface area (Å²) in [6.45, 7) is 3.39. The molecule has 1 aromatic carbocycles. The molecule has 1 aromatic heterocycles. The predicted octanol–water partition coefficient (Wildman–Crippen LogP) is 2.29. The minimum Gasteiger partial charge on any atom is -0.469 e. The van der Waals surface area contributed by atoms with Crippen LogP contribution in [0.5, 0.6) is 0 Å².